The fraction of sp³-hybridized carbons (Fsp3) is 0.500. The first-order valence-corrected chi connectivity index (χ1v) is 9.90. The predicted molar refractivity (Wildman–Crippen MR) is 102 cm³/mol. The van der Waals surface area contributed by atoms with Gasteiger partial charge < -0.3 is 14.2 Å². The van der Waals surface area contributed by atoms with E-state index in [4.69, 9.17) is 9.26 Å². The summed E-state index contributed by atoms with van der Waals surface area (Å²) in [6.07, 6.45) is 6.65. The maximum absolute atomic E-state index is 10.9. The van der Waals surface area contributed by atoms with Crippen molar-refractivity contribution in [3.05, 3.63) is 30.3 Å². The topological polar surface area (TPSA) is 86.3 Å². The third-order valence-corrected chi connectivity index (χ3v) is 5.81. The molecule has 4 heterocycles. The molecule has 28 heavy (non-hydrogen) atoms. The number of hydrogen-bond acceptors (Lipinski definition) is 6. The molecule has 1 amide bonds. The Morgan fingerprint density at radius 3 is 2.86 bits per heavy atom. The predicted octanol–water partition coefficient (Wildman–Crippen LogP) is 2.77. The van der Waals surface area contributed by atoms with Crippen molar-refractivity contribution in [1.29, 1.82) is 0 Å². The molecule has 2 aliphatic heterocycles. The molecule has 0 bridgehead atoms. The number of piperidine rings is 1. The Hall–Kier alpha value is -2.74. The van der Waals surface area contributed by atoms with Crippen molar-refractivity contribution in [1.82, 2.24) is 24.8 Å². The number of amides is 1. The zero-order chi connectivity index (χ0) is 18.9. The van der Waals surface area contributed by atoms with E-state index in [1.807, 2.05) is 12.3 Å². The fourth-order valence-corrected chi connectivity index (χ4v) is 4.15. The van der Waals surface area contributed by atoms with Crippen LogP contribution in [0.3, 0.4) is 0 Å². The van der Waals surface area contributed by atoms with Gasteiger partial charge in [0.15, 0.2) is 0 Å². The van der Waals surface area contributed by atoms with E-state index in [-0.39, 0.29) is 12.0 Å². The Balaban J connectivity index is 1.40. The summed E-state index contributed by atoms with van der Waals surface area (Å²) in [7, 11) is 0. The Bertz CT molecular complexity index is 967. The highest BCUT2D eigenvalue weighted by Crippen LogP contribution is 2.30. The minimum Gasteiger partial charge on any atom is -0.379 e. The lowest BCUT2D eigenvalue weighted by molar-refractivity contribution is -0.119. The Morgan fingerprint density at radius 1 is 1.18 bits per heavy atom. The number of carbonyl (C=O) groups excluding carboxylic acids is 1. The van der Waals surface area contributed by atoms with Gasteiger partial charge in [-0.15, -0.1) is 0 Å². The number of benzene rings is 1. The first-order chi connectivity index (χ1) is 13.8. The molecule has 1 atom stereocenters. The zero-order valence-corrected chi connectivity index (χ0v) is 15.7. The third-order valence-electron chi connectivity index (χ3n) is 5.81. The number of hydrogen-bond donors (Lipinski definition) is 0. The summed E-state index contributed by atoms with van der Waals surface area (Å²) in [5, 5.41) is 9.89. The van der Waals surface area contributed by atoms with Crippen LogP contribution in [0.2, 0.25) is 0 Å². The summed E-state index contributed by atoms with van der Waals surface area (Å²) in [6, 6.07) is 6.41. The molecule has 1 unspecified atom stereocenters. The summed E-state index contributed by atoms with van der Waals surface area (Å²) in [6.45, 7) is 3.01. The molecule has 0 N–H and O–H groups in total. The van der Waals surface area contributed by atoms with Crippen LogP contribution in [-0.2, 0) is 9.53 Å². The van der Waals surface area contributed by atoms with Crippen LogP contribution in [0.4, 0.5) is 0 Å². The smallest absolute Gasteiger partial charge is 0.230 e. The average Bonchev–Trinajstić information content (AvgIpc) is 3.41. The van der Waals surface area contributed by atoms with E-state index in [9.17, 15) is 4.79 Å². The number of nitrogens with zero attached hydrogens (tertiary/aromatic N) is 5. The van der Waals surface area contributed by atoms with Gasteiger partial charge >= 0.3 is 0 Å². The Kier molecular flexibility index (Phi) is 4.56. The van der Waals surface area contributed by atoms with Crippen molar-refractivity contribution in [2.45, 2.75) is 37.6 Å². The largest absolute Gasteiger partial charge is 0.379 e. The molecule has 2 fully saturated rings. The van der Waals surface area contributed by atoms with Crippen LogP contribution in [0.15, 0.2) is 28.9 Å². The molecular formula is C20H23N5O3. The van der Waals surface area contributed by atoms with E-state index in [1.165, 1.54) is 0 Å². The lowest BCUT2D eigenvalue weighted by atomic mass is 9.97. The van der Waals surface area contributed by atoms with Gasteiger partial charge in [0.25, 0.3) is 0 Å². The molecule has 5 rings (SSSR count). The zero-order valence-electron chi connectivity index (χ0n) is 15.7. The second-order valence-electron chi connectivity index (χ2n) is 7.61. The molecule has 8 nitrogen and oxygen atoms in total. The van der Waals surface area contributed by atoms with Crippen LogP contribution in [0.25, 0.3) is 22.3 Å². The standard InChI is InChI=1S/C20H23N5O3/c26-13-24-7-5-14(6-8-24)20-22-19(23-28-20)15-3-4-16-11-21-25(18(16)10-15)17-2-1-9-27-12-17/h3-4,10-11,13-14,17H,1-2,5-9,12H2. The quantitative estimate of drug-likeness (QED) is 0.646. The van der Waals surface area contributed by atoms with Crippen LogP contribution in [0.1, 0.15) is 43.5 Å². The minimum absolute atomic E-state index is 0.214. The highest BCUT2D eigenvalue weighted by molar-refractivity contribution is 5.83. The molecule has 0 aliphatic carbocycles. The van der Waals surface area contributed by atoms with Gasteiger partial charge in [-0.1, -0.05) is 17.3 Å². The number of likely N-dealkylation sites (tertiary alicyclic amines) is 1. The van der Waals surface area contributed by atoms with Crippen molar-refractivity contribution in [2.24, 2.45) is 0 Å². The highest BCUT2D eigenvalue weighted by Gasteiger charge is 2.25. The van der Waals surface area contributed by atoms with Crippen LogP contribution < -0.4 is 0 Å². The van der Waals surface area contributed by atoms with E-state index in [2.05, 4.69) is 32.1 Å². The van der Waals surface area contributed by atoms with Gasteiger partial charge in [-0.05, 0) is 31.7 Å². The van der Waals surface area contributed by atoms with Gasteiger partial charge in [0.1, 0.15) is 0 Å². The number of fused-ring (bicyclic) bond motifs is 1. The molecule has 2 aromatic heterocycles. The van der Waals surface area contributed by atoms with E-state index in [0.29, 0.717) is 18.3 Å². The molecule has 0 radical (unpaired) electrons. The first-order valence-electron chi connectivity index (χ1n) is 9.90. The summed E-state index contributed by atoms with van der Waals surface area (Å²) in [5.41, 5.74) is 1.99. The van der Waals surface area contributed by atoms with Crippen LogP contribution >= 0.6 is 0 Å². The summed E-state index contributed by atoms with van der Waals surface area (Å²) in [5.74, 6) is 1.48. The molecule has 3 aromatic rings. The maximum atomic E-state index is 10.9. The first kappa shape index (κ1) is 17.4. The van der Waals surface area contributed by atoms with Gasteiger partial charge in [0.2, 0.25) is 18.1 Å². The number of rotatable bonds is 4. The normalized spacial score (nSPS) is 21.3. The summed E-state index contributed by atoms with van der Waals surface area (Å²) < 4.78 is 13.3. The highest BCUT2D eigenvalue weighted by atomic mass is 16.5. The summed E-state index contributed by atoms with van der Waals surface area (Å²) >= 11 is 0. The van der Waals surface area contributed by atoms with E-state index < -0.39 is 0 Å². The van der Waals surface area contributed by atoms with Crippen LogP contribution in [0, 0.1) is 0 Å². The monoisotopic (exact) mass is 381 g/mol. The van der Waals surface area contributed by atoms with Gasteiger partial charge in [-0.2, -0.15) is 10.1 Å². The van der Waals surface area contributed by atoms with Crippen molar-refractivity contribution in [3.8, 4) is 11.4 Å². The van der Waals surface area contributed by atoms with E-state index in [1.54, 1.807) is 4.90 Å². The Morgan fingerprint density at radius 2 is 2.07 bits per heavy atom. The van der Waals surface area contributed by atoms with Crippen molar-refractivity contribution in [2.75, 3.05) is 26.3 Å². The summed E-state index contributed by atoms with van der Waals surface area (Å²) in [4.78, 5) is 17.3. The second kappa shape index (κ2) is 7.35. The van der Waals surface area contributed by atoms with Crippen molar-refractivity contribution in [3.63, 3.8) is 0 Å². The van der Waals surface area contributed by atoms with E-state index in [0.717, 1.165) is 68.3 Å². The molecule has 8 heteroatoms. The van der Waals surface area contributed by atoms with Crippen LogP contribution in [0.5, 0.6) is 0 Å². The second-order valence-corrected chi connectivity index (χ2v) is 7.61. The van der Waals surface area contributed by atoms with Gasteiger partial charge in [0.05, 0.1) is 24.4 Å². The number of aromatic nitrogens is 4. The van der Waals surface area contributed by atoms with Gasteiger partial charge in [-0.25, -0.2) is 0 Å². The molecule has 2 aliphatic rings. The molecule has 2 saturated heterocycles. The van der Waals surface area contributed by atoms with E-state index >= 15 is 0 Å². The molecule has 0 saturated carbocycles. The fourth-order valence-electron chi connectivity index (χ4n) is 4.15. The van der Waals surface area contributed by atoms with Crippen molar-refractivity contribution < 1.29 is 14.1 Å². The molecule has 0 spiro atoms. The molecular weight excluding hydrogens is 358 g/mol. The van der Waals surface area contributed by atoms with Gasteiger partial charge in [-0.3, -0.25) is 9.48 Å². The molecule has 1 aromatic carbocycles. The lowest BCUT2D eigenvalue weighted by Crippen LogP contribution is -2.31. The maximum Gasteiger partial charge on any atom is 0.230 e. The SMILES string of the molecule is O=CN1CCC(c2nc(-c3ccc4cnn(C5CCCOC5)c4c3)no2)CC1. The third kappa shape index (κ3) is 3.17. The number of ether oxygens (including phenoxy) is 1. The van der Waals surface area contributed by atoms with Crippen LogP contribution in [-0.4, -0.2) is 57.5 Å². The Labute approximate surface area is 162 Å². The number of carbonyl (C=O) groups is 1. The van der Waals surface area contributed by atoms with Crippen molar-refractivity contribution >= 4 is 17.3 Å². The molecule has 146 valence electrons. The average molecular weight is 381 g/mol. The van der Waals surface area contributed by atoms with Gasteiger partial charge in [0, 0.05) is 36.6 Å². The lowest BCUT2D eigenvalue weighted by Gasteiger charge is -2.26. The minimum atomic E-state index is 0.214.